The van der Waals surface area contributed by atoms with Crippen molar-refractivity contribution in [1.29, 1.82) is 0 Å². The standard InChI is InChI=1S/C16H20N4O/c1-4-7-17-15-10-18-14(9-19-15)16(21)20-13-8-11(2)5-6-12(13)3/h5-6,8-10H,4,7H2,1-3H3,(H,17,19)(H,20,21). The van der Waals surface area contributed by atoms with Crippen LogP contribution in [0.15, 0.2) is 30.6 Å². The largest absolute Gasteiger partial charge is 0.369 e. The molecule has 0 atom stereocenters. The lowest BCUT2D eigenvalue weighted by atomic mass is 10.1. The van der Waals surface area contributed by atoms with Gasteiger partial charge in [-0.2, -0.15) is 0 Å². The minimum Gasteiger partial charge on any atom is -0.369 e. The van der Waals surface area contributed by atoms with Crippen LogP contribution in [0.2, 0.25) is 0 Å². The smallest absolute Gasteiger partial charge is 0.275 e. The molecule has 0 fully saturated rings. The van der Waals surface area contributed by atoms with Gasteiger partial charge in [0.15, 0.2) is 0 Å². The summed E-state index contributed by atoms with van der Waals surface area (Å²) < 4.78 is 0. The van der Waals surface area contributed by atoms with Gasteiger partial charge in [0.1, 0.15) is 11.5 Å². The molecule has 5 heteroatoms. The molecule has 5 nitrogen and oxygen atoms in total. The van der Waals surface area contributed by atoms with Gasteiger partial charge in [0, 0.05) is 12.2 Å². The molecule has 1 heterocycles. The monoisotopic (exact) mass is 284 g/mol. The Balaban J connectivity index is 2.07. The molecule has 1 aromatic carbocycles. The number of aryl methyl sites for hydroxylation is 2. The van der Waals surface area contributed by atoms with E-state index in [1.165, 1.54) is 6.20 Å². The van der Waals surface area contributed by atoms with E-state index in [0.29, 0.717) is 11.5 Å². The number of anilines is 2. The van der Waals surface area contributed by atoms with E-state index in [-0.39, 0.29) is 5.91 Å². The molecule has 2 rings (SSSR count). The predicted molar refractivity (Wildman–Crippen MR) is 84.7 cm³/mol. The Labute approximate surface area is 124 Å². The molecule has 0 aliphatic carbocycles. The van der Waals surface area contributed by atoms with Crippen molar-refractivity contribution >= 4 is 17.4 Å². The fourth-order valence-corrected chi connectivity index (χ4v) is 1.85. The second kappa shape index (κ2) is 6.83. The zero-order valence-electron chi connectivity index (χ0n) is 12.6. The zero-order valence-corrected chi connectivity index (χ0v) is 12.6. The number of carbonyl (C=O) groups excluding carboxylic acids is 1. The van der Waals surface area contributed by atoms with Gasteiger partial charge in [-0.15, -0.1) is 0 Å². The third-order valence-electron chi connectivity index (χ3n) is 3.08. The molecule has 0 radical (unpaired) electrons. The molecule has 2 N–H and O–H groups in total. The summed E-state index contributed by atoms with van der Waals surface area (Å²) >= 11 is 0. The van der Waals surface area contributed by atoms with Crippen LogP contribution in [0.3, 0.4) is 0 Å². The first-order valence-corrected chi connectivity index (χ1v) is 7.04. The van der Waals surface area contributed by atoms with Gasteiger partial charge in [-0.1, -0.05) is 19.1 Å². The van der Waals surface area contributed by atoms with Crippen LogP contribution in [0.1, 0.15) is 35.0 Å². The Bertz CT molecular complexity index is 623. The van der Waals surface area contributed by atoms with Crippen molar-refractivity contribution in [3.63, 3.8) is 0 Å². The van der Waals surface area contributed by atoms with Crippen molar-refractivity contribution < 1.29 is 4.79 Å². The van der Waals surface area contributed by atoms with Gasteiger partial charge >= 0.3 is 0 Å². The van der Waals surface area contributed by atoms with Crippen molar-refractivity contribution in [2.75, 3.05) is 17.2 Å². The third kappa shape index (κ3) is 4.02. The van der Waals surface area contributed by atoms with Crippen LogP contribution >= 0.6 is 0 Å². The fraction of sp³-hybridized carbons (Fsp3) is 0.312. The number of carbonyl (C=O) groups is 1. The molecule has 0 aliphatic heterocycles. The summed E-state index contributed by atoms with van der Waals surface area (Å²) in [5, 5.41) is 5.99. The van der Waals surface area contributed by atoms with E-state index < -0.39 is 0 Å². The molecule has 0 spiro atoms. The maximum absolute atomic E-state index is 12.2. The summed E-state index contributed by atoms with van der Waals surface area (Å²) in [6.45, 7) is 6.86. The lowest BCUT2D eigenvalue weighted by Crippen LogP contribution is -2.15. The number of rotatable bonds is 5. The quantitative estimate of drug-likeness (QED) is 0.885. The summed E-state index contributed by atoms with van der Waals surface area (Å²) in [6, 6.07) is 5.94. The van der Waals surface area contributed by atoms with Crippen LogP contribution in [0.25, 0.3) is 0 Å². The molecule has 0 unspecified atom stereocenters. The minimum atomic E-state index is -0.252. The van der Waals surface area contributed by atoms with E-state index in [1.54, 1.807) is 6.20 Å². The number of nitrogens with zero attached hydrogens (tertiary/aromatic N) is 2. The average Bonchev–Trinajstić information content (AvgIpc) is 2.49. The van der Waals surface area contributed by atoms with Crippen molar-refractivity contribution in [1.82, 2.24) is 9.97 Å². The summed E-state index contributed by atoms with van der Waals surface area (Å²) in [7, 11) is 0. The first-order chi connectivity index (χ1) is 10.1. The second-order valence-electron chi connectivity index (χ2n) is 4.99. The van der Waals surface area contributed by atoms with Gasteiger partial charge in [-0.25, -0.2) is 9.97 Å². The van der Waals surface area contributed by atoms with Gasteiger partial charge < -0.3 is 10.6 Å². The highest BCUT2D eigenvalue weighted by Crippen LogP contribution is 2.17. The molecule has 21 heavy (non-hydrogen) atoms. The van der Waals surface area contributed by atoms with Crippen LogP contribution in [0, 0.1) is 13.8 Å². The SMILES string of the molecule is CCCNc1cnc(C(=O)Nc2cc(C)ccc2C)cn1. The Morgan fingerprint density at radius 3 is 2.67 bits per heavy atom. The molecule has 2 aromatic rings. The summed E-state index contributed by atoms with van der Waals surface area (Å²) in [6.07, 6.45) is 4.07. The van der Waals surface area contributed by atoms with Crippen LogP contribution in [0.5, 0.6) is 0 Å². The Morgan fingerprint density at radius 1 is 1.19 bits per heavy atom. The van der Waals surface area contributed by atoms with E-state index in [9.17, 15) is 4.79 Å². The molecule has 0 bridgehead atoms. The Kier molecular flexibility index (Phi) is 4.87. The molecule has 1 amide bonds. The number of hydrogen-bond acceptors (Lipinski definition) is 4. The molecule has 0 saturated carbocycles. The molecule has 1 aromatic heterocycles. The van der Waals surface area contributed by atoms with E-state index >= 15 is 0 Å². The molecule has 0 saturated heterocycles. The van der Waals surface area contributed by atoms with Crippen molar-refractivity contribution in [2.24, 2.45) is 0 Å². The normalized spacial score (nSPS) is 10.2. The first kappa shape index (κ1) is 15.0. The van der Waals surface area contributed by atoms with Crippen LogP contribution in [0.4, 0.5) is 11.5 Å². The minimum absolute atomic E-state index is 0.252. The third-order valence-corrected chi connectivity index (χ3v) is 3.08. The maximum atomic E-state index is 12.2. The summed E-state index contributed by atoms with van der Waals surface area (Å²) in [4.78, 5) is 20.5. The van der Waals surface area contributed by atoms with E-state index in [1.807, 2.05) is 32.0 Å². The van der Waals surface area contributed by atoms with Crippen molar-refractivity contribution in [3.05, 3.63) is 47.4 Å². The topological polar surface area (TPSA) is 66.9 Å². The lowest BCUT2D eigenvalue weighted by molar-refractivity contribution is 0.102. The molecule has 0 aliphatic rings. The second-order valence-corrected chi connectivity index (χ2v) is 4.99. The van der Waals surface area contributed by atoms with Crippen LogP contribution < -0.4 is 10.6 Å². The van der Waals surface area contributed by atoms with E-state index in [0.717, 1.165) is 29.8 Å². The Morgan fingerprint density at radius 2 is 2.00 bits per heavy atom. The number of hydrogen-bond donors (Lipinski definition) is 2. The summed E-state index contributed by atoms with van der Waals surface area (Å²) in [5.41, 5.74) is 3.22. The number of aromatic nitrogens is 2. The number of amides is 1. The highest BCUT2D eigenvalue weighted by Gasteiger charge is 2.10. The van der Waals surface area contributed by atoms with Gasteiger partial charge in [0.2, 0.25) is 0 Å². The highest BCUT2D eigenvalue weighted by atomic mass is 16.1. The zero-order chi connectivity index (χ0) is 15.2. The van der Waals surface area contributed by atoms with Gasteiger partial charge in [0.05, 0.1) is 12.4 Å². The molecule has 110 valence electrons. The molecular weight excluding hydrogens is 264 g/mol. The Hall–Kier alpha value is -2.43. The maximum Gasteiger partial charge on any atom is 0.275 e. The first-order valence-electron chi connectivity index (χ1n) is 7.04. The van der Waals surface area contributed by atoms with E-state index in [2.05, 4.69) is 27.5 Å². The summed E-state index contributed by atoms with van der Waals surface area (Å²) in [5.74, 6) is 0.429. The van der Waals surface area contributed by atoms with Crippen molar-refractivity contribution in [3.8, 4) is 0 Å². The van der Waals surface area contributed by atoms with Gasteiger partial charge in [0.25, 0.3) is 5.91 Å². The highest BCUT2D eigenvalue weighted by molar-refractivity contribution is 6.03. The number of nitrogens with one attached hydrogen (secondary N) is 2. The van der Waals surface area contributed by atoms with Crippen molar-refractivity contribution in [2.45, 2.75) is 27.2 Å². The lowest BCUT2D eigenvalue weighted by Gasteiger charge is -2.09. The predicted octanol–water partition coefficient (Wildman–Crippen LogP) is 3.17. The number of benzene rings is 1. The average molecular weight is 284 g/mol. The van der Waals surface area contributed by atoms with Crippen LogP contribution in [-0.2, 0) is 0 Å². The van der Waals surface area contributed by atoms with Crippen LogP contribution in [-0.4, -0.2) is 22.4 Å². The van der Waals surface area contributed by atoms with E-state index in [4.69, 9.17) is 0 Å². The van der Waals surface area contributed by atoms with Gasteiger partial charge in [-0.3, -0.25) is 4.79 Å². The van der Waals surface area contributed by atoms with Gasteiger partial charge in [-0.05, 0) is 37.5 Å². The fourth-order valence-electron chi connectivity index (χ4n) is 1.85. The molecular formula is C16H20N4O.